The monoisotopic (exact) mass is 295 g/mol. The number of carboxylic acid groups (broad SMARTS) is 1. The van der Waals surface area contributed by atoms with Crippen LogP contribution in [0.5, 0.6) is 0 Å². The van der Waals surface area contributed by atoms with Gasteiger partial charge in [0, 0.05) is 6.20 Å². The molecule has 0 amide bonds. The molecule has 0 atom stereocenters. The van der Waals surface area contributed by atoms with Crippen molar-refractivity contribution in [3.8, 4) is 0 Å². The first-order valence-electron chi connectivity index (χ1n) is 5.34. The first-order chi connectivity index (χ1) is 9.38. The number of hydrogen-bond acceptors (Lipinski definition) is 5. The van der Waals surface area contributed by atoms with Crippen LogP contribution in [0.25, 0.3) is 0 Å². The Labute approximate surface area is 114 Å². The van der Waals surface area contributed by atoms with E-state index in [0.717, 1.165) is 36.5 Å². The number of carbonyl (C=O) groups is 1. The molecule has 1 aromatic heterocycles. The summed E-state index contributed by atoms with van der Waals surface area (Å²) < 4.78 is 38.9. The molecule has 0 aliphatic heterocycles. The van der Waals surface area contributed by atoms with Crippen LogP contribution in [-0.2, 0) is 10.0 Å². The number of pyridine rings is 1. The van der Waals surface area contributed by atoms with E-state index < -0.39 is 27.5 Å². The molecule has 0 spiro atoms. The van der Waals surface area contributed by atoms with Crippen molar-refractivity contribution < 1.29 is 22.7 Å². The first kappa shape index (κ1) is 13.9. The Morgan fingerprint density at radius 3 is 2.45 bits per heavy atom. The van der Waals surface area contributed by atoms with Crippen LogP contribution in [0.1, 0.15) is 10.5 Å². The fourth-order valence-corrected chi connectivity index (χ4v) is 2.48. The number of rotatable bonds is 4. The van der Waals surface area contributed by atoms with Gasteiger partial charge in [-0.15, -0.1) is 0 Å². The molecule has 2 aromatic rings. The topological polar surface area (TPSA) is 99.2 Å². The van der Waals surface area contributed by atoms with Crippen LogP contribution in [0, 0.1) is 5.82 Å². The van der Waals surface area contributed by atoms with Crippen LogP contribution in [0.4, 0.5) is 10.1 Å². The van der Waals surface area contributed by atoms with Crippen molar-refractivity contribution in [1.82, 2.24) is 4.98 Å². The summed E-state index contributed by atoms with van der Waals surface area (Å²) in [6.07, 6.45) is 1.13. The molecular formula is C12H8FN2O4S-. The van der Waals surface area contributed by atoms with Gasteiger partial charge in [-0.1, -0.05) is 0 Å². The average molecular weight is 295 g/mol. The van der Waals surface area contributed by atoms with Crippen LogP contribution in [-0.4, -0.2) is 19.4 Å². The lowest BCUT2D eigenvalue weighted by atomic mass is 10.3. The Morgan fingerprint density at radius 1 is 1.20 bits per heavy atom. The minimum atomic E-state index is -3.93. The Kier molecular flexibility index (Phi) is 3.66. The SMILES string of the molecule is O=C([O-])c1cc(NS(=O)(=O)c2ccc(F)cc2)ccn1. The van der Waals surface area contributed by atoms with E-state index >= 15 is 0 Å². The van der Waals surface area contributed by atoms with Crippen molar-refractivity contribution >= 4 is 21.7 Å². The second-order valence-electron chi connectivity index (χ2n) is 3.78. The molecule has 0 saturated carbocycles. The lowest BCUT2D eigenvalue weighted by molar-refractivity contribution is -0.255. The second-order valence-corrected chi connectivity index (χ2v) is 5.46. The van der Waals surface area contributed by atoms with Gasteiger partial charge in [0.1, 0.15) is 5.82 Å². The van der Waals surface area contributed by atoms with Gasteiger partial charge in [0.15, 0.2) is 0 Å². The van der Waals surface area contributed by atoms with E-state index in [2.05, 4.69) is 9.71 Å². The predicted molar refractivity (Wildman–Crippen MR) is 65.8 cm³/mol. The number of aromatic nitrogens is 1. The lowest BCUT2D eigenvalue weighted by Gasteiger charge is -2.09. The zero-order valence-electron chi connectivity index (χ0n) is 9.91. The number of hydrogen-bond donors (Lipinski definition) is 1. The highest BCUT2D eigenvalue weighted by atomic mass is 32.2. The third-order valence-electron chi connectivity index (χ3n) is 2.35. The number of halogens is 1. The van der Waals surface area contributed by atoms with Gasteiger partial charge in [-0.05, 0) is 36.4 Å². The van der Waals surface area contributed by atoms with Crippen LogP contribution in [0.3, 0.4) is 0 Å². The summed E-state index contributed by atoms with van der Waals surface area (Å²) in [4.78, 5) is 14.0. The Morgan fingerprint density at radius 2 is 1.85 bits per heavy atom. The number of carbonyl (C=O) groups excluding carboxylic acids is 1. The van der Waals surface area contributed by atoms with Gasteiger partial charge in [0.2, 0.25) is 0 Å². The molecule has 0 aliphatic carbocycles. The summed E-state index contributed by atoms with van der Waals surface area (Å²) in [5.74, 6) is -2.08. The molecule has 1 heterocycles. The number of carboxylic acids is 1. The van der Waals surface area contributed by atoms with Gasteiger partial charge in [-0.2, -0.15) is 0 Å². The molecule has 6 nitrogen and oxygen atoms in total. The van der Waals surface area contributed by atoms with Gasteiger partial charge in [0.05, 0.1) is 22.2 Å². The van der Waals surface area contributed by atoms with Gasteiger partial charge >= 0.3 is 0 Å². The number of benzene rings is 1. The van der Waals surface area contributed by atoms with Crippen LogP contribution in [0.2, 0.25) is 0 Å². The van der Waals surface area contributed by atoms with Crippen molar-refractivity contribution in [2.24, 2.45) is 0 Å². The Bertz CT molecular complexity index is 744. The number of nitrogens with one attached hydrogen (secondary N) is 1. The van der Waals surface area contributed by atoms with Crippen LogP contribution >= 0.6 is 0 Å². The maximum Gasteiger partial charge on any atom is 0.261 e. The van der Waals surface area contributed by atoms with Crippen molar-refractivity contribution in [3.05, 3.63) is 54.1 Å². The third-order valence-corrected chi connectivity index (χ3v) is 3.74. The van der Waals surface area contributed by atoms with Gasteiger partial charge in [-0.25, -0.2) is 12.8 Å². The summed E-state index contributed by atoms with van der Waals surface area (Å²) in [5.41, 5.74) is -0.382. The molecule has 0 unspecified atom stereocenters. The minimum Gasteiger partial charge on any atom is -0.543 e. The minimum absolute atomic E-state index is 0.0172. The Balaban J connectivity index is 2.31. The maximum absolute atomic E-state index is 12.7. The molecule has 1 aromatic carbocycles. The van der Waals surface area contributed by atoms with Crippen LogP contribution in [0.15, 0.2) is 47.5 Å². The fourth-order valence-electron chi connectivity index (χ4n) is 1.43. The molecule has 0 bridgehead atoms. The molecule has 0 saturated heterocycles. The smallest absolute Gasteiger partial charge is 0.261 e. The largest absolute Gasteiger partial charge is 0.543 e. The second kappa shape index (κ2) is 5.25. The molecule has 0 aliphatic rings. The van der Waals surface area contributed by atoms with E-state index in [4.69, 9.17) is 0 Å². The summed E-state index contributed by atoms with van der Waals surface area (Å²) in [6.45, 7) is 0. The number of nitrogens with zero attached hydrogens (tertiary/aromatic N) is 1. The highest BCUT2D eigenvalue weighted by molar-refractivity contribution is 7.92. The molecule has 0 fully saturated rings. The maximum atomic E-state index is 12.7. The molecule has 0 radical (unpaired) electrons. The average Bonchev–Trinajstić information content (AvgIpc) is 2.39. The molecule has 1 N–H and O–H groups in total. The van der Waals surface area contributed by atoms with Gasteiger partial charge in [0.25, 0.3) is 10.0 Å². The first-order valence-corrected chi connectivity index (χ1v) is 6.82. The Hall–Kier alpha value is -2.48. The zero-order valence-corrected chi connectivity index (χ0v) is 10.7. The van der Waals surface area contributed by atoms with Gasteiger partial charge < -0.3 is 9.90 Å². The van der Waals surface area contributed by atoms with Crippen molar-refractivity contribution in [2.45, 2.75) is 4.90 Å². The zero-order chi connectivity index (χ0) is 14.8. The molecular weight excluding hydrogens is 287 g/mol. The molecule has 104 valence electrons. The van der Waals surface area contributed by atoms with E-state index in [1.165, 1.54) is 6.07 Å². The fraction of sp³-hybridized carbons (Fsp3) is 0. The van der Waals surface area contributed by atoms with Crippen LogP contribution < -0.4 is 9.83 Å². The third kappa shape index (κ3) is 3.09. The summed E-state index contributed by atoms with van der Waals surface area (Å²) in [5, 5.41) is 10.6. The highest BCUT2D eigenvalue weighted by Gasteiger charge is 2.14. The predicted octanol–water partition coefficient (Wildman–Crippen LogP) is 0.385. The molecule has 2 rings (SSSR count). The standard InChI is InChI=1S/C12H9FN2O4S/c13-8-1-3-10(4-2-8)20(18,19)15-9-5-6-14-11(7-9)12(16)17/h1-7H,(H,14,15)(H,16,17)/p-1. The van der Waals surface area contributed by atoms with Crippen molar-refractivity contribution in [3.63, 3.8) is 0 Å². The summed E-state index contributed by atoms with van der Waals surface area (Å²) in [6, 6.07) is 6.52. The van der Waals surface area contributed by atoms with Crippen molar-refractivity contribution in [2.75, 3.05) is 4.72 Å². The van der Waals surface area contributed by atoms with Gasteiger partial charge in [-0.3, -0.25) is 9.71 Å². The van der Waals surface area contributed by atoms with E-state index in [9.17, 15) is 22.7 Å². The number of sulfonamides is 1. The van der Waals surface area contributed by atoms with E-state index in [0.29, 0.717) is 0 Å². The molecule has 8 heteroatoms. The quantitative estimate of drug-likeness (QED) is 0.879. The van der Waals surface area contributed by atoms with E-state index in [-0.39, 0.29) is 10.6 Å². The summed E-state index contributed by atoms with van der Waals surface area (Å²) >= 11 is 0. The number of aromatic carboxylic acids is 1. The van der Waals surface area contributed by atoms with E-state index in [1.54, 1.807) is 0 Å². The lowest BCUT2D eigenvalue weighted by Crippen LogP contribution is -2.23. The summed E-state index contributed by atoms with van der Waals surface area (Å²) in [7, 11) is -3.93. The highest BCUT2D eigenvalue weighted by Crippen LogP contribution is 2.16. The number of anilines is 1. The normalized spacial score (nSPS) is 11.1. The molecule has 20 heavy (non-hydrogen) atoms. The van der Waals surface area contributed by atoms with E-state index in [1.807, 2.05) is 0 Å². The van der Waals surface area contributed by atoms with Crippen molar-refractivity contribution in [1.29, 1.82) is 0 Å².